The first-order valence-electron chi connectivity index (χ1n) is 13.5. The van der Waals surface area contributed by atoms with Crippen LogP contribution in [0.15, 0.2) is 72.8 Å². The van der Waals surface area contributed by atoms with Crippen LogP contribution in [0.25, 0.3) is 0 Å². The summed E-state index contributed by atoms with van der Waals surface area (Å²) in [6.45, 7) is 5.31. The topological polar surface area (TPSA) is 79.3 Å². The maximum absolute atomic E-state index is 15.7. The number of aliphatic hydroxyl groups excluding tert-OH is 1. The van der Waals surface area contributed by atoms with Gasteiger partial charge in [0.05, 0.1) is 25.4 Å². The van der Waals surface area contributed by atoms with E-state index in [4.69, 9.17) is 9.47 Å². The van der Waals surface area contributed by atoms with Crippen LogP contribution in [0.5, 0.6) is 5.75 Å². The Morgan fingerprint density at radius 1 is 1.10 bits per heavy atom. The fraction of sp³-hybridized carbons (Fsp3) is 0.355. The molecule has 2 amide bonds. The van der Waals surface area contributed by atoms with Crippen molar-refractivity contribution in [3.05, 3.63) is 83.9 Å². The lowest BCUT2D eigenvalue weighted by molar-refractivity contribution is -0.146. The van der Waals surface area contributed by atoms with Gasteiger partial charge in [-0.1, -0.05) is 37.3 Å². The van der Waals surface area contributed by atoms with E-state index >= 15 is 4.11 Å². The second kappa shape index (κ2) is 10.8. The van der Waals surface area contributed by atoms with Crippen LogP contribution < -0.4 is 14.5 Å². The van der Waals surface area contributed by atoms with E-state index in [1.807, 2.05) is 73.7 Å². The zero-order valence-electron chi connectivity index (χ0n) is 23.2. The molecule has 2 heterocycles. The normalized spacial score (nSPS) is 23.9. The second-order valence-corrected chi connectivity index (χ2v) is 14.8. The number of hydrogen-bond acceptors (Lipinski definition) is 5. The number of para-hydroxylation sites is 1. The van der Waals surface area contributed by atoms with Crippen LogP contribution in [0.3, 0.4) is 0 Å². The highest BCUT2D eigenvalue weighted by Crippen LogP contribution is 2.60. The van der Waals surface area contributed by atoms with Crippen molar-refractivity contribution < 1.29 is 28.3 Å². The zero-order valence-corrected chi connectivity index (χ0v) is 24.2. The van der Waals surface area contributed by atoms with E-state index in [1.165, 1.54) is 0 Å². The van der Waals surface area contributed by atoms with E-state index < -0.39 is 31.6 Å². The van der Waals surface area contributed by atoms with Crippen molar-refractivity contribution >= 4 is 37.8 Å². The molecule has 3 aromatic carbocycles. The summed E-state index contributed by atoms with van der Waals surface area (Å²) in [7, 11) is -1.70. The third-order valence-corrected chi connectivity index (χ3v) is 10.7. The third kappa shape index (κ3) is 4.61. The second-order valence-electron chi connectivity index (χ2n) is 11.0. The molecule has 0 saturated carbocycles. The van der Waals surface area contributed by atoms with Crippen molar-refractivity contribution in [2.24, 2.45) is 5.92 Å². The summed E-state index contributed by atoms with van der Waals surface area (Å²) < 4.78 is 27.8. The highest BCUT2D eigenvalue weighted by atomic mass is 28.4. The Labute approximate surface area is 235 Å². The largest absolute Gasteiger partial charge is 0.497 e. The molecule has 1 fully saturated rings. The molecule has 40 heavy (non-hydrogen) atoms. The number of anilines is 3. The van der Waals surface area contributed by atoms with Crippen molar-refractivity contribution in [3.8, 4) is 5.75 Å². The minimum absolute atomic E-state index is 0.148. The SMILES string of the molecule is COc1ccc2c(c1)[C@@]1(O[C@H](CCO)[C@@H]([Si](C)(C)F)[C@@H]1C)C(=O)N2Cc1ccc(N(C=O)c2ccccc2)cc1. The van der Waals surface area contributed by atoms with Gasteiger partial charge >= 0.3 is 0 Å². The van der Waals surface area contributed by atoms with Crippen LogP contribution in [0.2, 0.25) is 18.6 Å². The molecule has 1 saturated heterocycles. The van der Waals surface area contributed by atoms with Crippen LogP contribution in [0.1, 0.15) is 24.5 Å². The van der Waals surface area contributed by atoms with Crippen molar-refractivity contribution in [3.63, 3.8) is 0 Å². The molecule has 2 aliphatic rings. The Hall–Kier alpha value is -3.53. The summed E-state index contributed by atoms with van der Waals surface area (Å²) in [4.78, 5) is 29.5. The lowest BCUT2D eigenvalue weighted by Crippen LogP contribution is -2.45. The molecular formula is C31H35FN2O5Si. The average Bonchev–Trinajstić information content (AvgIpc) is 3.37. The van der Waals surface area contributed by atoms with Gasteiger partial charge in [-0.15, -0.1) is 0 Å². The van der Waals surface area contributed by atoms with E-state index in [0.717, 1.165) is 17.7 Å². The molecule has 0 bridgehead atoms. The van der Waals surface area contributed by atoms with Crippen LogP contribution in [0, 0.1) is 5.92 Å². The quantitative estimate of drug-likeness (QED) is 0.206. The third-order valence-electron chi connectivity index (χ3n) is 8.28. The Bertz CT molecular complexity index is 1380. The van der Waals surface area contributed by atoms with Crippen molar-refractivity contribution in [1.29, 1.82) is 0 Å². The zero-order chi connectivity index (χ0) is 28.7. The van der Waals surface area contributed by atoms with Crippen LogP contribution in [-0.4, -0.2) is 45.7 Å². The van der Waals surface area contributed by atoms with Crippen molar-refractivity contribution in [2.75, 3.05) is 23.5 Å². The lowest BCUT2D eigenvalue weighted by Gasteiger charge is -2.31. The predicted molar refractivity (Wildman–Crippen MR) is 155 cm³/mol. The van der Waals surface area contributed by atoms with Gasteiger partial charge < -0.3 is 23.6 Å². The first-order chi connectivity index (χ1) is 19.1. The summed E-state index contributed by atoms with van der Waals surface area (Å²) in [5, 5.41) is 9.74. The number of amides is 2. The molecule has 7 nitrogen and oxygen atoms in total. The van der Waals surface area contributed by atoms with Gasteiger partial charge in [-0.05, 0) is 67.5 Å². The van der Waals surface area contributed by atoms with Gasteiger partial charge in [0, 0.05) is 35.0 Å². The summed E-state index contributed by atoms with van der Waals surface area (Å²) in [6.07, 6.45) is 0.469. The first kappa shape index (κ1) is 28.0. The molecule has 1 N–H and O–H groups in total. The van der Waals surface area contributed by atoms with E-state index in [-0.39, 0.29) is 25.5 Å². The number of nitrogens with zero attached hydrogens (tertiary/aromatic N) is 2. The van der Waals surface area contributed by atoms with Crippen LogP contribution in [-0.2, 0) is 26.5 Å². The van der Waals surface area contributed by atoms with Crippen molar-refractivity contribution in [1.82, 2.24) is 0 Å². The predicted octanol–water partition coefficient (Wildman–Crippen LogP) is 5.69. The molecule has 2 aliphatic heterocycles. The fourth-order valence-corrected chi connectivity index (χ4v) is 9.05. The monoisotopic (exact) mass is 562 g/mol. The summed E-state index contributed by atoms with van der Waals surface area (Å²) in [5.74, 6) is -0.0926. The fourth-order valence-electron chi connectivity index (χ4n) is 6.51. The van der Waals surface area contributed by atoms with E-state index in [2.05, 4.69) is 0 Å². The molecule has 5 rings (SSSR count). The van der Waals surface area contributed by atoms with Gasteiger partial charge in [-0.2, -0.15) is 0 Å². The Morgan fingerprint density at radius 2 is 1.77 bits per heavy atom. The van der Waals surface area contributed by atoms with Gasteiger partial charge in [0.2, 0.25) is 14.8 Å². The Kier molecular flexibility index (Phi) is 7.56. The number of aliphatic hydroxyl groups is 1. The molecule has 9 heteroatoms. The van der Waals surface area contributed by atoms with Gasteiger partial charge in [0.25, 0.3) is 5.91 Å². The number of rotatable bonds is 9. The highest BCUT2D eigenvalue weighted by Gasteiger charge is 2.66. The Balaban J connectivity index is 1.51. The number of benzene rings is 3. The molecule has 0 aromatic heterocycles. The number of fused-ring (bicyclic) bond motifs is 2. The Morgan fingerprint density at radius 3 is 2.38 bits per heavy atom. The average molecular weight is 563 g/mol. The van der Waals surface area contributed by atoms with Crippen LogP contribution >= 0.6 is 0 Å². The number of hydrogen-bond donors (Lipinski definition) is 1. The van der Waals surface area contributed by atoms with Gasteiger partial charge in [-0.3, -0.25) is 14.5 Å². The smallest absolute Gasteiger partial charge is 0.264 e. The standard InChI is InChI=1S/C31H35FN2O5Si/c1-21-29(40(3,4)32)28(16-17-35)39-31(21)26-18-25(38-2)14-15-27(26)33(30(31)37)19-22-10-12-24(13-11-22)34(20-36)23-8-6-5-7-9-23/h5-15,18,20-21,28-29,35H,16-17,19H2,1-4H3/t21-,28+,29-,31+/m0/s1. The van der Waals surface area contributed by atoms with E-state index in [9.17, 15) is 14.7 Å². The molecule has 0 aliphatic carbocycles. The minimum Gasteiger partial charge on any atom is -0.497 e. The molecule has 4 atom stereocenters. The van der Waals surface area contributed by atoms with Gasteiger partial charge in [-0.25, -0.2) is 0 Å². The maximum Gasteiger partial charge on any atom is 0.264 e. The molecule has 210 valence electrons. The molecular weight excluding hydrogens is 527 g/mol. The summed E-state index contributed by atoms with van der Waals surface area (Å²) in [6, 6.07) is 22.3. The van der Waals surface area contributed by atoms with Crippen molar-refractivity contribution in [2.45, 2.75) is 50.2 Å². The molecule has 1 spiro atoms. The highest BCUT2D eigenvalue weighted by molar-refractivity contribution is 6.72. The summed E-state index contributed by atoms with van der Waals surface area (Å²) in [5.41, 5.74) is 1.86. The molecule has 3 aromatic rings. The lowest BCUT2D eigenvalue weighted by atomic mass is 9.82. The molecule has 0 unspecified atom stereocenters. The maximum atomic E-state index is 15.7. The van der Waals surface area contributed by atoms with E-state index in [1.54, 1.807) is 36.1 Å². The number of carbonyl (C=O) groups excluding carboxylic acids is 2. The van der Waals surface area contributed by atoms with Gasteiger partial charge in [0.15, 0.2) is 5.60 Å². The number of methoxy groups -OCH3 is 1. The molecule has 0 radical (unpaired) electrons. The first-order valence-corrected chi connectivity index (χ1v) is 16.5. The van der Waals surface area contributed by atoms with E-state index in [0.29, 0.717) is 22.7 Å². The summed E-state index contributed by atoms with van der Waals surface area (Å²) >= 11 is 0. The number of halogens is 1. The van der Waals surface area contributed by atoms with Gasteiger partial charge in [0.1, 0.15) is 5.75 Å². The van der Waals surface area contributed by atoms with Crippen LogP contribution in [0.4, 0.5) is 21.2 Å². The number of ether oxygens (including phenoxy) is 2. The number of carbonyl (C=O) groups is 2. The minimum atomic E-state index is -3.27.